The Labute approximate surface area is 95.0 Å². The fourth-order valence-electron chi connectivity index (χ4n) is 1.62. The first kappa shape index (κ1) is 12.8. The van der Waals surface area contributed by atoms with E-state index in [0.717, 1.165) is 0 Å². The van der Waals surface area contributed by atoms with E-state index >= 15 is 0 Å². The fraction of sp³-hybridized carbons (Fsp3) is 0.818. The fourth-order valence-corrected chi connectivity index (χ4v) is 1.62. The second-order valence-corrected chi connectivity index (χ2v) is 5.02. The largest absolute Gasteiger partial charge is 0.444 e. The second-order valence-electron chi connectivity index (χ2n) is 5.02. The summed E-state index contributed by atoms with van der Waals surface area (Å²) in [7, 11) is 0. The lowest BCUT2D eigenvalue weighted by atomic mass is 10.0. The third-order valence-electron chi connectivity index (χ3n) is 2.37. The molecule has 0 aromatic heterocycles. The first-order chi connectivity index (χ1) is 7.33. The second kappa shape index (κ2) is 4.69. The molecule has 1 fully saturated rings. The van der Waals surface area contributed by atoms with Crippen molar-refractivity contribution in [3.63, 3.8) is 0 Å². The number of carbonyl (C=O) groups is 1. The molecule has 0 saturated carbocycles. The first-order valence-electron chi connectivity index (χ1n) is 5.32. The number of halogens is 1. The van der Waals surface area contributed by atoms with Gasteiger partial charge in [0.2, 0.25) is 0 Å². The molecule has 0 aromatic rings. The molecule has 90 valence electrons. The number of rotatable bonds is 1. The number of likely N-dealkylation sites (tertiary alicyclic amines) is 1. The van der Waals surface area contributed by atoms with E-state index in [2.05, 4.69) is 0 Å². The Balaban J connectivity index is 2.52. The van der Waals surface area contributed by atoms with E-state index in [1.54, 1.807) is 20.8 Å². The highest BCUT2D eigenvalue weighted by Gasteiger charge is 2.36. The highest BCUT2D eigenvalue weighted by molar-refractivity contribution is 5.68. The van der Waals surface area contributed by atoms with Gasteiger partial charge in [-0.15, -0.1) is 0 Å². The molecule has 5 heteroatoms. The molecule has 1 saturated heterocycles. The van der Waals surface area contributed by atoms with Crippen LogP contribution in [0.2, 0.25) is 0 Å². The summed E-state index contributed by atoms with van der Waals surface area (Å²) in [4.78, 5) is 12.9. The number of hydrogen-bond acceptors (Lipinski definition) is 3. The lowest BCUT2D eigenvalue weighted by Crippen LogP contribution is -2.35. The van der Waals surface area contributed by atoms with Gasteiger partial charge in [0.1, 0.15) is 11.8 Å². The van der Waals surface area contributed by atoms with Gasteiger partial charge in [-0.2, -0.15) is 5.26 Å². The van der Waals surface area contributed by atoms with Crippen molar-refractivity contribution in [3.8, 4) is 6.07 Å². The molecule has 0 radical (unpaired) electrons. The van der Waals surface area contributed by atoms with Crippen LogP contribution in [0, 0.1) is 17.2 Å². The molecule has 0 spiro atoms. The van der Waals surface area contributed by atoms with Crippen molar-refractivity contribution in [1.29, 1.82) is 5.26 Å². The summed E-state index contributed by atoms with van der Waals surface area (Å²) in [5, 5.41) is 8.50. The minimum absolute atomic E-state index is 0.0290. The van der Waals surface area contributed by atoms with Crippen LogP contribution in [-0.2, 0) is 4.74 Å². The van der Waals surface area contributed by atoms with E-state index in [1.165, 1.54) is 4.90 Å². The molecule has 0 N–H and O–H groups in total. The van der Waals surface area contributed by atoms with Crippen LogP contribution < -0.4 is 0 Å². The summed E-state index contributed by atoms with van der Waals surface area (Å²) < 4.78 is 18.6. The maximum absolute atomic E-state index is 13.4. The molecule has 0 aliphatic carbocycles. The SMILES string of the molecule is CC(C)(C)OC(=O)N1C[C@H](CC#N)[C@H](F)C1. The predicted molar refractivity (Wildman–Crippen MR) is 56.4 cm³/mol. The third-order valence-corrected chi connectivity index (χ3v) is 2.37. The molecule has 0 unspecified atom stereocenters. The zero-order valence-corrected chi connectivity index (χ0v) is 9.86. The van der Waals surface area contributed by atoms with Crippen LogP contribution in [0.15, 0.2) is 0 Å². The van der Waals surface area contributed by atoms with Gasteiger partial charge in [-0.1, -0.05) is 0 Å². The van der Waals surface area contributed by atoms with Gasteiger partial charge < -0.3 is 9.64 Å². The minimum Gasteiger partial charge on any atom is -0.444 e. The maximum Gasteiger partial charge on any atom is 0.410 e. The zero-order valence-electron chi connectivity index (χ0n) is 9.86. The van der Waals surface area contributed by atoms with Crippen molar-refractivity contribution in [2.45, 2.75) is 39.0 Å². The lowest BCUT2D eigenvalue weighted by molar-refractivity contribution is 0.0281. The summed E-state index contributed by atoms with van der Waals surface area (Å²) in [5.41, 5.74) is -0.573. The molecule has 1 heterocycles. The van der Waals surface area contributed by atoms with Crippen molar-refractivity contribution in [1.82, 2.24) is 4.90 Å². The molecule has 1 aliphatic rings. The van der Waals surface area contributed by atoms with Gasteiger partial charge in [-0.25, -0.2) is 9.18 Å². The topological polar surface area (TPSA) is 53.3 Å². The molecule has 1 rings (SSSR count). The van der Waals surface area contributed by atoms with Gasteiger partial charge in [0.25, 0.3) is 0 Å². The van der Waals surface area contributed by atoms with Crippen molar-refractivity contribution in [2.24, 2.45) is 5.92 Å². The van der Waals surface area contributed by atoms with Crippen LogP contribution in [0.1, 0.15) is 27.2 Å². The Hall–Kier alpha value is -1.31. The van der Waals surface area contributed by atoms with E-state index in [4.69, 9.17) is 10.00 Å². The first-order valence-corrected chi connectivity index (χ1v) is 5.32. The van der Waals surface area contributed by atoms with Crippen LogP contribution in [0.25, 0.3) is 0 Å². The Bertz CT molecular complexity index is 306. The molecule has 2 atom stereocenters. The molecular weight excluding hydrogens is 211 g/mol. The van der Waals surface area contributed by atoms with Crippen molar-refractivity contribution in [3.05, 3.63) is 0 Å². The van der Waals surface area contributed by atoms with Crippen molar-refractivity contribution in [2.75, 3.05) is 13.1 Å². The quantitative estimate of drug-likeness (QED) is 0.690. The summed E-state index contributed by atoms with van der Waals surface area (Å²) in [6.07, 6.45) is -1.48. The number of alkyl halides is 1. The average Bonchev–Trinajstić information content (AvgIpc) is 2.46. The molecule has 1 amide bonds. The van der Waals surface area contributed by atoms with Crippen LogP contribution in [0.4, 0.5) is 9.18 Å². The van der Waals surface area contributed by atoms with Gasteiger partial charge in [0.15, 0.2) is 0 Å². The number of ether oxygens (including phenoxy) is 1. The Morgan fingerprint density at radius 1 is 1.56 bits per heavy atom. The lowest BCUT2D eigenvalue weighted by Gasteiger charge is -2.24. The average molecular weight is 228 g/mol. The Morgan fingerprint density at radius 2 is 2.19 bits per heavy atom. The van der Waals surface area contributed by atoms with Gasteiger partial charge in [-0.3, -0.25) is 0 Å². The smallest absolute Gasteiger partial charge is 0.410 e. The highest BCUT2D eigenvalue weighted by atomic mass is 19.1. The van der Waals surface area contributed by atoms with E-state index in [-0.39, 0.29) is 25.4 Å². The van der Waals surface area contributed by atoms with Crippen LogP contribution in [-0.4, -0.2) is 35.9 Å². The minimum atomic E-state index is -1.12. The summed E-state index contributed by atoms with van der Waals surface area (Å²) in [6, 6.07) is 1.93. The van der Waals surface area contributed by atoms with Crippen molar-refractivity contribution < 1.29 is 13.9 Å². The maximum atomic E-state index is 13.4. The van der Waals surface area contributed by atoms with Crippen LogP contribution in [0.5, 0.6) is 0 Å². The number of hydrogen-bond donors (Lipinski definition) is 0. The van der Waals surface area contributed by atoms with E-state index < -0.39 is 17.9 Å². The highest BCUT2D eigenvalue weighted by Crippen LogP contribution is 2.24. The molecular formula is C11H17FN2O2. The van der Waals surface area contributed by atoms with Gasteiger partial charge in [-0.05, 0) is 20.8 Å². The Morgan fingerprint density at radius 3 is 2.69 bits per heavy atom. The van der Waals surface area contributed by atoms with Crippen molar-refractivity contribution >= 4 is 6.09 Å². The molecule has 1 aliphatic heterocycles. The van der Waals surface area contributed by atoms with E-state index in [1.807, 2.05) is 6.07 Å². The monoisotopic (exact) mass is 228 g/mol. The molecule has 4 nitrogen and oxygen atoms in total. The van der Waals surface area contributed by atoms with Crippen LogP contribution >= 0.6 is 0 Å². The van der Waals surface area contributed by atoms with Crippen LogP contribution in [0.3, 0.4) is 0 Å². The number of nitrogens with zero attached hydrogens (tertiary/aromatic N) is 2. The van der Waals surface area contributed by atoms with Gasteiger partial charge >= 0.3 is 6.09 Å². The van der Waals surface area contributed by atoms with Gasteiger partial charge in [0, 0.05) is 18.9 Å². The summed E-state index contributed by atoms with van der Waals surface area (Å²) in [5.74, 6) is -0.377. The molecule has 0 aromatic carbocycles. The summed E-state index contributed by atoms with van der Waals surface area (Å²) in [6.45, 7) is 5.59. The number of carbonyl (C=O) groups excluding carboxylic acids is 1. The normalized spacial score (nSPS) is 25.3. The zero-order chi connectivity index (χ0) is 12.3. The van der Waals surface area contributed by atoms with Gasteiger partial charge in [0.05, 0.1) is 12.6 Å². The number of amides is 1. The predicted octanol–water partition coefficient (Wildman–Crippen LogP) is 2.11. The number of nitriles is 1. The van der Waals surface area contributed by atoms with E-state index in [9.17, 15) is 9.18 Å². The summed E-state index contributed by atoms with van der Waals surface area (Å²) >= 11 is 0. The third kappa shape index (κ3) is 3.37. The van der Waals surface area contributed by atoms with E-state index in [0.29, 0.717) is 0 Å². The molecule has 16 heavy (non-hydrogen) atoms. The Kier molecular flexibility index (Phi) is 3.74. The standard InChI is InChI=1S/C11H17FN2O2/c1-11(2,3)16-10(15)14-6-8(4-5-13)9(12)7-14/h8-9H,4,6-7H2,1-3H3/t8-,9+/m0/s1. The molecule has 0 bridgehead atoms.